The van der Waals surface area contributed by atoms with Gasteiger partial charge in [-0.25, -0.2) is 13.2 Å². The Kier molecular flexibility index (Phi) is 4.05. The average molecular weight is 345 g/mol. The van der Waals surface area contributed by atoms with E-state index in [1.54, 1.807) is 7.11 Å². The van der Waals surface area contributed by atoms with Crippen LogP contribution in [0.25, 0.3) is 0 Å². The van der Waals surface area contributed by atoms with Crippen LogP contribution in [0.3, 0.4) is 0 Å². The molecule has 1 aliphatic heterocycles. The Morgan fingerprint density at radius 1 is 1.50 bits per heavy atom. The second-order valence-electron chi connectivity index (χ2n) is 6.16. The van der Waals surface area contributed by atoms with Gasteiger partial charge in [-0.1, -0.05) is 6.42 Å². The van der Waals surface area contributed by atoms with Gasteiger partial charge in [-0.3, -0.25) is 0 Å². The molecule has 1 aliphatic carbocycles. The maximum Gasteiger partial charge on any atom is 0.336 e. The molecule has 1 aromatic heterocycles. The Morgan fingerprint density at radius 3 is 2.64 bits per heavy atom. The summed E-state index contributed by atoms with van der Waals surface area (Å²) in [6.45, 7) is 1.51. The number of hydrogen-bond donors (Lipinski definition) is 1. The molecule has 0 amide bonds. The summed E-state index contributed by atoms with van der Waals surface area (Å²) < 4.78 is 32.0. The van der Waals surface area contributed by atoms with Crippen molar-refractivity contribution in [1.29, 1.82) is 0 Å². The number of nitrogens with zero attached hydrogens (tertiary/aromatic N) is 1. The zero-order valence-electron chi connectivity index (χ0n) is 12.3. The van der Waals surface area contributed by atoms with Crippen molar-refractivity contribution in [2.75, 3.05) is 26.8 Å². The number of hydrogen-bond acceptors (Lipinski definition) is 5. The van der Waals surface area contributed by atoms with E-state index in [2.05, 4.69) is 0 Å². The van der Waals surface area contributed by atoms with Crippen molar-refractivity contribution in [3.05, 3.63) is 17.0 Å². The molecule has 2 aliphatic rings. The first-order chi connectivity index (χ1) is 10.4. The normalized spacial score (nSPS) is 22.0. The van der Waals surface area contributed by atoms with Crippen LogP contribution >= 0.6 is 11.3 Å². The van der Waals surface area contributed by atoms with Crippen LogP contribution in [0.2, 0.25) is 0 Å². The molecule has 6 nitrogen and oxygen atoms in total. The van der Waals surface area contributed by atoms with Crippen molar-refractivity contribution in [1.82, 2.24) is 4.31 Å². The van der Waals surface area contributed by atoms with E-state index in [-0.39, 0.29) is 15.2 Å². The van der Waals surface area contributed by atoms with E-state index in [0.29, 0.717) is 25.6 Å². The molecule has 0 radical (unpaired) electrons. The number of carboxylic acid groups (broad SMARTS) is 1. The van der Waals surface area contributed by atoms with Gasteiger partial charge >= 0.3 is 5.97 Å². The molecule has 1 aromatic rings. The van der Waals surface area contributed by atoms with Gasteiger partial charge in [0.1, 0.15) is 4.21 Å². The number of thiophene rings is 1. The van der Waals surface area contributed by atoms with E-state index in [1.165, 1.54) is 22.2 Å². The van der Waals surface area contributed by atoms with Gasteiger partial charge in [-0.2, -0.15) is 4.31 Å². The Morgan fingerprint density at radius 2 is 2.18 bits per heavy atom. The van der Waals surface area contributed by atoms with Crippen LogP contribution in [0, 0.1) is 11.3 Å². The zero-order valence-corrected chi connectivity index (χ0v) is 14.0. The fourth-order valence-electron chi connectivity index (χ4n) is 3.29. The molecule has 0 bridgehead atoms. The van der Waals surface area contributed by atoms with Gasteiger partial charge < -0.3 is 9.84 Å². The number of carbonyl (C=O) groups is 1. The highest BCUT2D eigenvalue weighted by molar-refractivity contribution is 7.91. The fraction of sp³-hybridized carbons (Fsp3) is 0.643. The molecule has 1 N–H and O–H groups in total. The van der Waals surface area contributed by atoms with Crippen LogP contribution in [0.4, 0.5) is 0 Å². The van der Waals surface area contributed by atoms with Crippen LogP contribution in [0.5, 0.6) is 0 Å². The zero-order chi connectivity index (χ0) is 16.0. The van der Waals surface area contributed by atoms with Crippen molar-refractivity contribution in [2.24, 2.45) is 11.3 Å². The second-order valence-corrected chi connectivity index (χ2v) is 9.23. The van der Waals surface area contributed by atoms with Gasteiger partial charge in [-0.05, 0) is 24.8 Å². The molecule has 0 atom stereocenters. The number of rotatable bonds is 6. The van der Waals surface area contributed by atoms with Crippen LogP contribution in [0.15, 0.2) is 15.7 Å². The minimum atomic E-state index is -3.59. The molecular formula is C14H19NO5S2. The summed E-state index contributed by atoms with van der Waals surface area (Å²) in [5, 5.41) is 10.3. The number of carboxylic acids is 1. The molecule has 1 saturated heterocycles. The van der Waals surface area contributed by atoms with Crippen molar-refractivity contribution >= 4 is 27.3 Å². The first-order valence-electron chi connectivity index (χ1n) is 7.20. The number of ether oxygens (including phenoxy) is 1. The summed E-state index contributed by atoms with van der Waals surface area (Å²) in [5.41, 5.74) is -0.0429. The van der Waals surface area contributed by atoms with E-state index < -0.39 is 16.0 Å². The molecular weight excluding hydrogens is 326 g/mol. The fourth-order valence-corrected chi connectivity index (χ4v) is 6.23. The molecule has 0 spiro atoms. The molecule has 8 heteroatoms. The Bertz CT molecular complexity index is 671. The molecule has 2 fully saturated rings. The minimum absolute atomic E-state index is 0.0197. The average Bonchev–Trinajstić information content (AvgIpc) is 2.83. The van der Waals surface area contributed by atoms with Crippen LogP contribution in [0.1, 0.15) is 29.6 Å². The molecule has 1 saturated carbocycles. The second kappa shape index (κ2) is 5.59. The lowest BCUT2D eigenvalue weighted by Gasteiger charge is -2.55. The Labute approximate surface area is 133 Å². The number of methoxy groups -OCH3 is 1. The van der Waals surface area contributed by atoms with Crippen molar-refractivity contribution in [3.63, 3.8) is 0 Å². The molecule has 3 rings (SSSR count). The summed E-state index contributed by atoms with van der Waals surface area (Å²) in [5.74, 6) is -0.568. The van der Waals surface area contributed by atoms with Crippen molar-refractivity contribution in [3.8, 4) is 0 Å². The number of aromatic carboxylic acids is 1. The van der Waals surface area contributed by atoms with Crippen LogP contribution in [-0.2, 0) is 14.8 Å². The van der Waals surface area contributed by atoms with E-state index in [4.69, 9.17) is 9.84 Å². The predicted molar refractivity (Wildman–Crippen MR) is 81.7 cm³/mol. The van der Waals surface area contributed by atoms with Gasteiger partial charge in [0.25, 0.3) is 10.0 Å². The maximum atomic E-state index is 12.6. The summed E-state index contributed by atoms with van der Waals surface area (Å²) in [6.07, 6.45) is 3.48. The summed E-state index contributed by atoms with van der Waals surface area (Å²) >= 11 is 0.962. The molecule has 122 valence electrons. The first-order valence-corrected chi connectivity index (χ1v) is 9.52. The summed E-state index contributed by atoms with van der Waals surface area (Å²) in [4.78, 5) is 10.9. The van der Waals surface area contributed by atoms with Crippen LogP contribution < -0.4 is 0 Å². The third-order valence-electron chi connectivity index (χ3n) is 4.80. The predicted octanol–water partition coefficient (Wildman–Crippen LogP) is 1.88. The van der Waals surface area contributed by atoms with E-state index >= 15 is 0 Å². The van der Waals surface area contributed by atoms with Gasteiger partial charge in [0.05, 0.1) is 12.2 Å². The standard InChI is InChI=1S/C14H19NO5S2/c1-20-9-14(11-3-2-4-11)7-15(8-14)22(18,19)12-5-10(6-21-12)13(16)17/h5-6,11H,2-4,7-9H2,1H3,(H,16,17). The highest BCUT2D eigenvalue weighted by atomic mass is 32.2. The maximum absolute atomic E-state index is 12.6. The molecule has 0 unspecified atom stereocenters. The van der Waals surface area contributed by atoms with E-state index in [9.17, 15) is 13.2 Å². The first kappa shape index (κ1) is 15.9. The highest BCUT2D eigenvalue weighted by Crippen LogP contribution is 2.49. The minimum Gasteiger partial charge on any atom is -0.478 e. The van der Waals surface area contributed by atoms with Crippen molar-refractivity contribution < 1.29 is 23.1 Å². The quantitative estimate of drug-likeness (QED) is 0.851. The number of sulfonamides is 1. The summed E-state index contributed by atoms with van der Waals surface area (Å²) in [6, 6.07) is 1.24. The van der Waals surface area contributed by atoms with Gasteiger partial charge in [0.15, 0.2) is 0 Å². The Balaban J connectivity index is 1.75. The smallest absolute Gasteiger partial charge is 0.336 e. The highest BCUT2D eigenvalue weighted by Gasteiger charge is 2.54. The van der Waals surface area contributed by atoms with Crippen LogP contribution in [-0.4, -0.2) is 50.6 Å². The third kappa shape index (κ3) is 2.47. The lowest BCUT2D eigenvalue weighted by molar-refractivity contribution is -0.0801. The topological polar surface area (TPSA) is 83.9 Å². The van der Waals surface area contributed by atoms with Gasteiger partial charge in [0, 0.05) is 31.0 Å². The summed E-state index contributed by atoms with van der Waals surface area (Å²) in [7, 11) is -1.94. The van der Waals surface area contributed by atoms with Crippen molar-refractivity contribution in [2.45, 2.75) is 23.5 Å². The molecule has 0 aromatic carbocycles. The molecule has 22 heavy (non-hydrogen) atoms. The lowest BCUT2D eigenvalue weighted by atomic mass is 9.62. The Hall–Kier alpha value is -0.960. The lowest BCUT2D eigenvalue weighted by Crippen LogP contribution is -2.64. The largest absolute Gasteiger partial charge is 0.478 e. The third-order valence-corrected chi connectivity index (χ3v) is 8.01. The molecule has 2 heterocycles. The van der Waals surface area contributed by atoms with E-state index in [0.717, 1.165) is 24.2 Å². The van der Waals surface area contributed by atoms with Gasteiger partial charge in [-0.15, -0.1) is 11.3 Å². The SMILES string of the molecule is COCC1(C2CCC2)CN(S(=O)(=O)c2cc(C(=O)O)cs2)C1. The van der Waals surface area contributed by atoms with E-state index in [1.807, 2.05) is 0 Å². The van der Waals surface area contributed by atoms with Gasteiger partial charge in [0.2, 0.25) is 0 Å². The monoisotopic (exact) mass is 345 g/mol.